The minimum atomic E-state index is -1.80. The SMILES string of the molecule is CCCCOc1c(/C=C/c2ccc(N(CCO[Si](C)(C)C(C)(C)C)CCO[Si](C)(C)C(C)(C)C)cc2)sc2ccsc12. The normalized spacial score (nSPS) is 13.4. The maximum Gasteiger partial charge on any atom is 0.192 e. The highest BCUT2D eigenvalue weighted by molar-refractivity contribution is 7.28. The Kier molecular flexibility index (Phi) is 12.2. The van der Waals surface area contributed by atoms with E-state index in [2.05, 4.69) is 127 Å². The molecule has 0 N–H and O–H groups in total. The van der Waals surface area contributed by atoms with Gasteiger partial charge in [0.15, 0.2) is 22.4 Å². The molecule has 1 aromatic carbocycles. The molecule has 0 saturated carbocycles. The Balaban J connectivity index is 1.74. The lowest BCUT2D eigenvalue weighted by Crippen LogP contribution is -2.44. The van der Waals surface area contributed by atoms with Crippen LogP contribution in [0.2, 0.25) is 36.3 Å². The van der Waals surface area contributed by atoms with E-state index in [1.165, 1.54) is 25.5 Å². The van der Waals surface area contributed by atoms with Gasteiger partial charge in [0, 0.05) is 23.5 Å². The Bertz CT molecular complexity index is 1250. The summed E-state index contributed by atoms with van der Waals surface area (Å²) in [5, 5.41) is 2.56. The number of hydrogen-bond donors (Lipinski definition) is 0. The summed E-state index contributed by atoms with van der Waals surface area (Å²) >= 11 is 3.58. The number of thiophene rings is 2. The molecule has 0 aliphatic rings. The lowest BCUT2D eigenvalue weighted by molar-refractivity contribution is 0.276. The third kappa shape index (κ3) is 9.29. The van der Waals surface area contributed by atoms with Crippen molar-refractivity contribution in [3.8, 4) is 5.75 Å². The lowest BCUT2D eigenvalue weighted by atomic mass is 10.1. The van der Waals surface area contributed by atoms with Gasteiger partial charge in [-0.1, -0.05) is 73.1 Å². The first-order valence-corrected chi connectivity index (χ1v) is 23.0. The minimum absolute atomic E-state index is 0.204. The molecule has 0 saturated heterocycles. The summed E-state index contributed by atoms with van der Waals surface area (Å²) in [4.78, 5) is 3.63. The number of fused-ring (bicyclic) bond motifs is 1. The molecule has 42 heavy (non-hydrogen) atoms. The van der Waals surface area contributed by atoms with Gasteiger partial charge in [-0.3, -0.25) is 0 Å². The van der Waals surface area contributed by atoms with E-state index in [0.29, 0.717) is 0 Å². The van der Waals surface area contributed by atoms with E-state index in [1.807, 2.05) is 11.3 Å². The van der Waals surface area contributed by atoms with E-state index < -0.39 is 16.6 Å². The van der Waals surface area contributed by atoms with E-state index in [4.69, 9.17) is 13.6 Å². The summed E-state index contributed by atoms with van der Waals surface area (Å²) in [5.74, 6) is 1.04. The van der Waals surface area contributed by atoms with E-state index >= 15 is 0 Å². The molecule has 3 rings (SSSR count). The fraction of sp³-hybridized carbons (Fsp3) is 0.588. The Hall–Kier alpha value is -1.43. The monoisotopic (exact) mass is 645 g/mol. The zero-order valence-corrected chi connectivity index (χ0v) is 31.7. The number of benzene rings is 1. The summed E-state index contributed by atoms with van der Waals surface area (Å²) < 4.78 is 21.9. The number of nitrogens with zero attached hydrogens (tertiary/aromatic N) is 1. The summed E-state index contributed by atoms with van der Waals surface area (Å²) in [6.45, 7) is 29.3. The van der Waals surface area contributed by atoms with Crippen molar-refractivity contribution in [3.05, 3.63) is 46.2 Å². The maximum absolute atomic E-state index is 6.57. The number of rotatable bonds is 15. The van der Waals surface area contributed by atoms with Gasteiger partial charge < -0.3 is 18.5 Å². The van der Waals surface area contributed by atoms with Gasteiger partial charge in [-0.25, -0.2) is 0 Å². The molecule has 3 aromatic rings. The number of hydrogen-bond acceptors (Lipinski definition) is 6. The van der Waals surface area contributed by atoms with Crippen molar-refractivity contribution in [2.24, 2.45) is 0 Å². The summed E-state index contributed by atoms with van der Waals surface area (Å²) in [6.07, 6.45) is 6.63. The Morgan fingerprint density at radius 3 is 1.88 bits per heavy atom. The minimum Gasteiger partial charge on any atom is -0.491 e. The van der Waals surface area contributed by atoms with Gasteiger partial charge in [0.25, 0.3) is 0 Å². The summed E-state index contributed by atoms with van der Waals surface area (Å²) in [5.41, 5.74) is 2.40. The van der Waals surface area contributed by atoms with E-state index in [0.717, 1.165) is 51.5 Å². The van der Waals surface area contributed by atoms with Gasteiger partial charge >= 0.3 is 0 Å². The molecule has 0 radical (unpaired) electrons. The van der Waals surface area contributed by atoms with Gasteiger partial charge in [0.1, 0.15) is 0 Å². The Morgan fingerprint density at radius 2 is 1.36 bits per heavy atom. The highest BCUT2D eigenvalue weighted by Gasteiger charge is 2.38. The molecule has 0 fully saturated rings. The molecule has 234 valence electrons. The first-order chi connectivity index (χ1) is 19.6. The standard InChI is InChI=1S/C34H55NO3S2Si2/c1-12-13-23-36-31-29(40-30-20-26-39-32(30)31)19-16-27-14-17-28(18-15-27)35(21-24-37-41(8,9)33(2,3)4)22-25-38-42(10,11)34(5,6)7/h14-20,26H,12-13,21-25H2,1-11H3/b19-16+. The average Bonchev–Trinajstić information content (AvgIpc) is 3.47. The molecule has 4 nitrogen and oxygen atoms in total. The van der Waals surface area contributed by atoms with Gasteiger partial charge in [-0.05, 0) is 77.9 Å². The Morgan fingerprint density at radius 1 is 0.786 bits per heavy atom. The van der Waals surface area contributed by atoms with Crippen LogP contribution in [0.4, 0.5) is 5.69 Å². The van der Waals surface area contributed by atoms with Crippen molar-refractivity contribution >= 4 is 66.5 Å². The van der Waals surface area contributed by atoms with Crippen LogP contribution in [0.1, 0.15) is 71.7 Å². The molecular weight excluding hydrogens is 591 g/mol. The molecule has 0 spiro atoms. The predicted octanol–water partition coefficient (Wildman–Crippen LogP) is 11.2. The highest BCUT2D eigenvalue weighted by atomic mass is 32.1. The van der Waals surface area contributed by atoms with Crippen LogP contribution in [0.3, 0.4) is 0 Å². The van der Waals surface area contributed by atoms with Crippen LogP contribution < -0.4 is 9.64 Å². The van der Waals surface area contributed by atoms with Crippen molar-refractivity contribution < 1.29 is 13.6 Å². The third-order valence-electron chi connectivity index (χ3n) is 8.97. The molecule has 2 heterocycles. The van der Waals surface area contributed by atoms with Gasteiger partial charge in [0.2, 0.25) is 0 Å². The van der Waals surface area contributed by atoms with E-state index in [-0.39, 0.29) is 10.1 Å². The molecule has 0 aliphatic carbocycles. The van der Waals surface area contributed by atoms with E-state index in [9.17, 15) is 0 Å². The first-order valence-electron chi connectivity index (χ1n) is 15.5. The molecule has 0 bridgehead atoms. The van der Waals surface area contributed by atoms with Gasteiger partial charge in [0.05, 0.1) is 29.4 Å². The zero-order chi connectivity index (χ0) is 31.2. The van der Waals surface area contributed by atoms with Crippen molar-refractivity contribution in [2.75, 3.05) is 37.8 Å². The van der Waals surface area contributed by atoms with E-state index in [1.54, 1.807) is 11.3 Å². The van der Waals surface area contributed by atoms with Crippen molar-refractivity contribution in [3.63, 3.8) is 0 Å². The molecule has 0 amide bonds. The average molecular weight is 646 g/mol. The smallest absolute Gasteiger partial charge is 0.192 e. The fourth-order valence-corrected chi connectivity index (χ4v) is 8.22. The van der Waals surface area contributed by atoms with Crippen LogP contribution in [0.5, 0.6) is 5.75 Å². The lowest BCUT2D eigenvalue weighted by Gasteiger charge is -2.38. The molecule has 8 heteroatoms. The Labute approximate surface area is 266 Å². The summed E-state index contributed by atoms with van der Waals surface area (Å²) in [6, 6.07) is 11.1. The van der Waals surface area contributed by atoms with Crippen LogP contribution in [0, 0.1) is 0 Å². The van der Waals surface area contributed by atoms with Crippen LogP contribution >= 0.6 is 22.7 Å². The second kappa shape index (κ2) is 14.6. The highest BCUT2D eigenvalue weighted by Crippen LogP contribution is 2.42. The second-order valence-electron chi connectivity index (χ2n) is 14.2. The van der Waals surface area contributed by atoms with Crippen LogP contribution in [-0.4, -0.2) is 49.5 Å². The van der Waals surface area contributed by atoms with Crippen LogP contribution in [-0.2, 0) is 8.85 Å². The number of anilines is 1. The van der Waals surface area contributed by atoms with Gasteiger partial charge in [-0.2, -0.15) is 0 Å². The number of ether oxygens (including phenoxy) is 1. The van der Waals surface area contributed by atoms with Crippen molar-refractivity contribution in [1.29, 1.82) is 0 Å². The van der Waals surface area contributed by atoms with Crippen LogP contribution in [0.15, 0.2) is 35.7 Å². The van der Waals surface area contributed by atoms with Crippen molar-refractivity contribution in [2.45, 2.75) is 97.6 Å². The quantitative estimate of drug-likeness (QED) is 0.122. The zero-order valence-electron chi connectivity index (χ0n) is 28.1. The second-order valence-corrected chi connectivity index (χ2v) is 25.9. The predicted molar refractivity (Wildman–Crippen MR) is 194 cm³/mol. The largest absolute Gasteiger partial charge is 0.491 e. The van der Waals surface area contributed by atoms with Crippen molar-refractivity contribution in [1.82, 2.24) is 0 Å². The topological polar surface area (TPSA) is 30.9 Å². The molecule has 0 aliphatic heterocycles. The van der Waals surface area contributed by atoms with Crippen LogP contribution in [0.25, 0.3) is 21.6 Å². The molecule has 2 aromatic heterocycles. The summed E-state index contributed by atoms with van der Waals surface area (Å²) in [7, 11) is -3.60. The fourth-order valence-electron chi connectivity index (χ4n) is 3.98. The third-order valence-corrected chi connectivity index (χ3v) is 20.2. The molecule has 0 unspecified atom stereocenters. The molecular formula is C34H55NO3S2Si2. The first kappa shape index (κ1) is 35.1. The van der Waals surface area contributed by atoms with Gasteiger partial charge in [-0.15, -0.1) is 22.7 Å². The maximum atomic E-state index is 6.57. The molecule has 0 atom stereocenters. The number of unbranched alkanes of at least 4 members (excludes halogenated alkanes) is 1.